The number of hydrogen-bond acceptors (Lipinski definition) is 2. The van der Waals surface area contributed by atoms with Gasteiger partial charge in [-0.05, 0) is 24.3 Å². The van der Waals surface area contributed by atoms with Gasteiger partial charge in [-0.15, -0.1) is 0 Å². The third-order valence-electron chi connectivity index (χ3n) is 3.47. The maximum Gasteiger partial charge on any atom is 0.224 e. The van der Waals surface area contributed by atoms with Gasteiger partial charge in [-0.1, -0.05) is 51.1 Å². The van der Waals surface area contributed by atoms with E-state index in [1.165, 1.54) is 5.56 Å². The van der Waals surface area contributed by atoms with Gasteiger partial charge in [-0.2, -0.15) is 0 Å². The van der Waals surface area contributed by atoms with Gasteiger partial charge in [0, 0.05) is 18.5 Å². The number of rotatable bonds is 6. The summed E-state index contributed by atoms with van der Waals surface area (Å²) >= 11 is 0. The van der Waals surface area contributed by atoms with Gasteiger partial charge in [-0.3, -0.25) is 4.79 Å². The summed E-state index contributed by atoms with van der Waals surface area (Å²) in [5.41, 5.74) is 7.07. The van der Waals surface area contributed by atoms with Crippen molar-refractivity contribution >= 4 is 5.91 Å². The molecule has 3 heteroatoms. The van der Waals surface area contributed by atoms with Gasteiger partial charge >= 0.3 is 0 Å². The molecule has 3 nitrogen and oxygen atoms in total. The standard InChI is InChI=1S/C16H26N2O/c1-12(13(2)17)15(19)18-11-16(3,4)10-14-8-6-5-7-9-14/h5-9,12-13H,10-11,17H2,1-4H3,(H,18,19). The summed E-state index contributed by atoms with van der Waals surface area (Å²) in [4.78, 5) is 11.9. The van der Waals surface area contributed by atoms with E-state index in [4.69, 9.17) is 5.73 Å². The van der Waals surface area contributed by atoms with Crippen LogP contribution < -0.4 is 11.1 Å². The van der Waals surface area contributed by atoms with Crippen LogP contribution >= 0.6 is 0 Å². The molecular weight excluding hydrogens is 236 g/mol. The van der Waals surface area contributed by atoms with Crippen LogP contribution in [-0.2, 0) is 11.2 Å². The van der Waals surface area contributed by atoms with Crippen LogP contribution in [0.25, 0.3) is 0 Å². The average Bonchev–Trinajstić information content (AvgIpc) is 2.35. The van der Waals surface area contributed by atoms with Crippen LogP contribution in [0.4, 0.5) is 0 Å². The Labute approximate surface area is 116 Å². The molecule has 0 saturated heterocycles. The van der Waals surface area contributed by atoms with Crippen molar-refractivity contribution in [3.05, 3.63) is 35.9 Å². The predicted molar refractivity (Wildman–Crippen MR) is 79.8 cm³/mol. The quantitative estimate of drug-likeness (QED) is 0.827. The summed E-state index contributed by atoms with van der Waals surface area (Å²) in [6.45, 7) is 8.72. The van der Waals surface area contributed by atoms with Crippen LogP contribution in [0.1, 0.15) is 33.3 Å². The molecule has 0 heterocycles. The molecule has 2 unspecified atom stereocenters. The van der Waals surface area contributed by atoms with E-state index in [-0.39, 0.29) is 23.3 Å². The summed E-state index contributed by atoms with van der Waals surface area (Å²) in [6, 6.07) is 10.2. The molecule has 0 aliphatic heterocycles. The molecule has 19 heavy (non-hydrogen) atoms. The van der Waals surface area contributed by atoms with Crippen LogP contribution in [0.5, 0.6) is 0 Å². The van der Waals surface area contributed by atoms with Crippen molar-refractivity contribution in [2.75, 3.05) is 6.54 Å². The highest BCUT2D eigenvalue weighted by Crippen LogP contribution is 2.20. The second kappa shape index (κ2) is 6.71. The first-order chi connectivity index (χ1) is 8.82. The molecule has 1 aromatic carbocycles. The molecule has 0 spiro atoms. The topological polar surface area (TPSA) is 55.1 Å². The minimum Gasteiger partial charge on any atom is -0.355 e. The van der Waals surface area contributed by atoms with E-state index in [9.17, 15) is 4.79 Å². The fourth-order valence-electron chi connectivity index (χ4n) is 1.94. The number of hydrogen-bond donors (Lipinski definition) is 2. The van der Waals surface area contributed by atoms with Gasteiger partial charge in [0.2, 0.25) is 5.91 Å². The molecule has 1 rings (SSSR count). The van der Waals surface area contributed by atoms with E-state index in [2.05, 4.69) is 31.3 Å². The molecule has 106 valence electrons. The van der Waals surface area contributed by atoms with Crippen LogP contribution in [0, 0.1) is 11.3 Å². The minimum atomic E-state index is -0.146. The third kappa shape index (κ3) is 5.43. The Morgan fingerprint density at radius 1 is 1.26 bits per heavy atom. The normalized spacial score (nSPS) is 14.8. The number of carbonyl (C=O) groups is 1. The molecule has 0 fully saturated rings. The molecule has 1 amide bonds. The van der Waals surface area contributed by atoms with Crippen molar-refractivity contribution < 1.29 is 4.79 Å². The van der Waals surface area contributed by atoms with Crippen LogP contribution in [0.15, 0.2) is 30.3 Å². The monoisotopic (exact) mass is 262 g/mol. The van der Waals surface area contributed by atoms with Crippen molar-refractivity contribution in [2.24, 2.45) is 17.1 Å². The number of nitrogens with two attached hydrogens (primary N) is 1. The molecule has 0 bridgehead atoms. The van der Waals surface area contributed by atoms with E-state index >= 15 is 0 Å². The van der Waals surface area contributed by atoms with Crippen molar-refractivity contribution in [1.82, 2.24) is 5.32 Å². The molecular formula is C16H26N2O. The Kier molecular flexibility index (Phi) is 5.55. The van der Waals surface area contributed by atoms with E-state index in [1.54, 1.807) is 0 Å². The fraction of sp³-hybridized carbons (Fsp3) is 0.562. The van der Waals surface area contributed by atoms with Gasteiger partial charge in [0.15, 0.2) is 0 Å². The maximum absolute atomic E-state index is 11.9. The second-order valence-electron chi connectivity index (χ2n) is 6.19. The van der Waals surface area contributed by atoms with Crippen molar-refractivity contribution in [3.8, 4) is 0 Å². The third-order valence-corrected chi connectivity index (χ3v) is 3.47. The first-order valence-electron chi connectivity index (χ1n) is 6.89. The fourth-order valence-corrected chi connectivity index (χ4v) is 1.94. The van der Waals surface area contributed by atoms with Crippen LogP contribution in [0.3, 0.4) is 0 Å². The van der Waals surface area contributed by atoms with Crippen molar-refractivity contribution in [3.63, 3.8) is 0 Å². The maximum atomic E-state index is 11.9. The Balaban J connectivity index is 2.49. The van der Waals surface area contributed by atoms with Gasteiger partial charge in [0.1, 0.15) is 0 Å². The predicted octanol–water partition coefficient (Wildman–Crippen LogP) is 2.35. The van der Waals surface area contributed by atoms with Gasteiger partial charge in [0.25, 0.3) is 0 Å². The summed E-state index contributed by atoms with van der Waals surface area (Å²) in [6.07, 6.45) is 0.945. The van der Waals surface area contributed by atoms with E-state index in [1.807, 2.05) is 32.0 Å². The zero-order valence-electron chi connectivity index (χ0n) is 12.4. The molecule has 3 N–H and O–H groups in total. The Morgan fingerprint density at radius 3 is 2.37 bits per heavy atom. The van der Waals surface area contributed by atoms with Crippen molar-refractivity contribution in [1.29, 1.82) is 0 Å². The van der Waals surface area contributed by atoms with Crippen LogP contribution in [-0.4, -0.2) is 18.5 Å². The number of carbonyl (C=O) groups excluding carboxylic acids is 1. The zero-order valence-corrected chi connectivity index (χ0v) is 12.4. The van der Waals surface area contributed by atoms with Gasteiger partial charge in [0.05, 0.1) is 0 Å². The zero-order chi connectivity index (χ0) is 14.5. The Hall–Kier alpha value is -1.35. The Morgan fingerprint density at radius 2 is 1.84 bits per heavy atom. The molecule has 2 atom stereocenters. The van der Waals surface area contributed by atoms with Gasteiger partial charge in [-0.25, -0.2) is 0 Å². The second-order valence-corrected chi connectivity index (χ2v) is 6.19. The summed E-state index contributed by atoms with van der Waals surface area (Å²) in [7, 11) is 0. The summed E-state index contributed by atoms with van der Waals surface area (Å²) < 4.78 is 0. The Bertz CT molecular complexity index is 398. The van der Waals surface area contributed by atoms with Gasteiger partial charge < -0.3 is 11.1 Å². The highest BCUT2D eigenvalue weighted by molar-refractivity contribution is 5.78. The molecule has 0 aromatic heterocycles. The lowest BCUT2D eigenvalue weighted by atomic mass is 9.85. The van der Waals surface area contributed by atoms with E-state index in [0.717, 1.165) is 6.42 Å². The molecule has 1 aromatic rings. The number of amides is 1. The highest BCUT2D eigenvalue weighted by atomic mass is 16.1. The number of benzene rings is 1. The number of nitrogens with one attached hydrogen (secondary N) is 1. The molecule has 0 radical (unpaired) electrons. The minimum absolute atomic E-state index is 0.0363. The molecule has 0 aliphatic carbocycles. The van der Waals surface area contributed by atoms with Crippen LogP contribution in [0.2, 0.25) is 0 Å². The summed E-state index contributed by atoms with van der Waals surface area (Å²) in [5, 5.41) is 3.01. The lowest BCUT2D eigenvalue weighted by Crippen LogP contribution is -2.42. The summed E-state index contributed by atoms with van der Waals surface area (Å²) in [5.74, 6) is -0.108. The first kappa shape index (κ1) is 15.7. The highest BCUT2D eigenvalue weighted by Gasteiger charge is 2.22. The largest absolute Gasteiger partial charge is 0.355 e. The SMILES string of the molecule is CC(N)C(C)C(=O)NCC(C)(C)Cc1ccccc1. The molecule has 0 aliphatic rings. The first-order valence-corrected chi connectivity index (χ1v) is 6.89. The van der Waals surface area contributed by atoms with Crippen molar-refractivity contribution in [2.45, 2.75) is 40.2 Å². The lowest BCUT2D eigenvalue weighted by molar-refractivity contribution is -0.125. The van der Waals surface area contributed by atoms with E-state index < -0.39 is 0 Å². The lowest BCUT2D eigenvalue weighted by Gasteiger charge is -2.26. The average molecular weight is 262 g/mol. The van der Waals surface area contributed by atoms with E-state index in [0.29, 0.717) is 6.54 Å². The molecule has 0 saturated carbocycles. The smallest absolute Gasteiger partial charge is 0.224 e.